The summed E-state index contributed by atoms with van der Waals surface area (Å²) >= 11 is 0. The van der Waals surface area contributed by atoms with Crippen LogP contribution in [0.3, 0.4) is 0 Å². The van der Waals surface area contributed by atoms with Crippen molar-refractivity contribution in [3.8, 4) is 0 Å². The van der Waals surface area contributed by atoms with Gasteiger partial charge in [0.1, 0.15) is 11.4 Å². The van der Waals surface area contributed by atoms with Crippen LogP contribution in [0.2, 0.25) is 0 Å². The van der Waals surface area contributed by atoms with Gasteiger partial charge in [-0.05, 0) is 56.1 Å². The molecule has 0 radical (unpaired) electrons. The van der Waals surface area contributed by atoms with Gasteiger partial charge in [0.2, 0.25) is 0 Å². The fourth-order valence-corrected chi connectivity index (χ4v) is 4.15. The average molecular weight is 359 g/mol. The van der Waals surface area contributed by atoms with Crippen LogP contribution in [-0.2, 0) is 6.42 Å². The van der Waals surface area contributed by atoms with E-state index in [0.29, 0.717) is 17.7 Å². The number of allylic oxidation sites excluding steroid dienone is 2. The lowest BCUT2D eigenvalue weighted by molar-refractivity contribution is 0.125. The number of aromatic amines is 1. The molecule has 1 heterocycles. The monoisotopic (exact) mass is 359 g/mol. The van der Waals surface area contributed by atoms with Crippen molar-refractivity contribution in [3.05, 3.63) is 39.3 Å². The minimum atomic E-state index is -0.493. The third kappa shape index (κ3) is 3.80. The average Bonchev–Trinajstić information content (AvgIpc) is 2.69. The number of fused-ring (bicyclic) bond motifs is 3. The van der Waals surface area contributed by atoms with Crippen molar-refractivity contribution >= 4 is 17.1 Å². The molecule has 26 heavy (non-hydrogen) atoms. The summed E-state index contributed by atoms with van der Waals surface area (Å²) in [5, 5.41) is 21.4. The van der Waals surface area contributed by atoms with Crippen LogP contribution in [-0.4, -0.2) is 21.3 Å². The van der Waals surface area contributed by atoms with Crippen molar-refractivity contribution in [3.63, 3.8) is 0 Å². The fourth-order valence-electron chi connectivity index (χ4n) is 4.15. The molecule has 0 aliphatic heterocycles. The molecule has 1 saturated carbocycles. The second-order valence-corrected chi connectivity index (χ2v) is 7.48. The van der Waals surface area contributed by atoms with Gasteiger partial charge in [-0.25, -0.2) is 0 Å². The molecular formula is C20H29N3O3. The Morgan fingerprint density at radius 1 is 0.962 bits per heavy atom. The van der Waals surface area contributed by atoms with Crippen molar-refractivity contribution in [1.29, 1.82) is 0 Å². The molecule has 2 atom stereocenters. The first kappa shape index (κ1) is 18.6. The first-order valence-electron chi connectivity index (χ1n) is 9.57. The normalized spacial score (nSPS) is 28.8. The summed E-state index contributed by atoms with van der Waals surface area (Å²) in [6, 6.07) is 0. The van der Waals surface area contributed by atoms with Crippen molar-refractivity contribution < 1.29 is 10.2 Å². The molecular weight excluding hydrogens is 330 g/mol. The minimum absolute atomic E-state index is 0.00589. The minimum Gasteiger partial charge on any atom is -0.506 e. The molecule has 2 aliphatic carbocycles. The first-order valence-corrected chi connectivity index (χ1v) is 9.57. The van der Waals surface area contributed by atoms with E-state index < -0.39 is 11.7 Å². The smallest absolute Gasteiger partial charge is 0.273 e. The molecule has 0 spiro atoms. The number of nitrogens with two attached hydrogens (primary N) is 2. The molecule has 6 heteroatoms. The Hall–Kier alpha value is -2.21. The van der Waals surface area contributed by atoms with Gasteiger partial charge < -0.3 is 26.7 Å². The van der Waals surface area contributed by atoms with Gasteiger partial charge in [-0.15, -0.1) is 0 Å². The van der Waals surface area contributed by atoms with Crippen LogP contribution < -0.4 is 17.0 Å². The van der Waals surface area contributed by atoms with Crippen LogP contribution in [0.25, 0.3) is 5.76 Å². The van der Waals surface area contributed by atoms with E-state index in [-0.39, 0.29) is 23.1 Å². The van der Waals surface area contributed by atoms with E-state index in [1.54, 1.807) is 12.2 Å². The second kappa shape index (κ2) is 7.99. The molecule has 0 saturated heterocycles. The summed E-state index contributed by atoms with van der Waals surface area (Å²) in [5.74, 6) is 0.152. The summed E-state index contributed by atoms with van der Waals surface area (Å²) in [5.41, 5.74) is 13.6. The lowest BCUT2D eigenvalue weighted by Crippen LogP contribution is -2.23. The van der Waals surface area contributed by atoms with Gasteiger partial charge in [-0.3, -0.25) is 4.79 Å². The topological polar surface area (TPSA) is 125 Å². The van der Waals surface area contributed by atoms with Gasteiger partial charge in [-0.1, -0.05) is 25.3 Å². The van der Waals surface area contributed by atoms with Crippen LogP contribution in [0.5, 0.6) is 0 Å². The Balaban J connectivity index is 2.08. The lowest BCUT2D eigenvalue weighted by Gasteiger charge is -2.24. The Morgan fingerprint density at radius 2 is 1.69 bits per heavy atom. The van der Waals surface area contributed by atoms with Crippen molar-refractivity contribution in [2.75, 3.05) is 11.5 Å². The van der Waals surface area contributed by atoms with Gasteiger partial charge in [0.25, 0.3) is 5.56 Å². The largest absolute Gasteiger partial charge is 0.506 e. The third-order valence-electron chi connectivity index (χ3n) is 5.73. The number of hydrogen-bond donors (Lipinski definition) is 5. The lowest BCUT2D eigenvalue weighted by atomic mass is 9.86. The molecule has 0 aromatic carbocycles. The summed E-state index contributed by atoms with van der Waals surface area (Å²) in [6.45, 7) is 0. The highest BCUT2D eigenvalue weighted by Gasteiger charge is 2.25. The summed E-state index contributed by atoms with van der Waals surface area (Å²) in [6.07, 6.45) is 11.5. The first-order chi connectivity index (χ1) is 12.5. The molecule has 2 bridgehead atoms. The second-order valence-electron chi connectivity index (χ2n) is 7.48. The Morgan fingerprint density at radius 3 is 2.50 bits per heavy atom. The Kier molecular flexibility index (Phi) is 5.71. The number of anilines is 2. The van der Waals surface area contributed by atoms with Gasteiger partial charge >= 0.3 is 0 Å². The number of aromatic nitrogens is 1. The van der Waals surface area contributed by atoms with Crippen molar-refractivity contribution in [2.24, 2.45) is 5.92 Å². The highest BCUT2D eigenvalue weighted by molar-refractivity contribution is 5.74. The zero-order valence-corrected chi connectivity index (χ0v) is 15.1. The van der Waals surface area contributed by atoms with Crippen LogP contribution in [0.4, 0.5) is 11.4 Å². The van der Waals surface area contributed by atoms with E-state index in [4.69, 9.17) is 11.5 Å². The number of pyridine rings is 1. The van der Waals surface area contributed by atoms with Gasteiger partial charge in [0.05, 0.1) is 17.5 Å². The van der Waals surface area contributed by atoms with E-state index >= 15 is 0 Å². The molecule has 1 aromatic heterocycles. The van der Waals surface area contributed by atoms with Crippen LogP contribution in [0, 0.1) is 5.92 Å². The SMILES string of the molecule is Nc1c2c([nH]c(=O)c1N)/C(O)=C\C=C1\CCCCCC[C@@H](CCC2)[C@@H]1O. The maximum absolute atomic E-state index is 12.0. The quantitative estimate of drug-likeness (QED) is 0.487. The van der Waals surface area contributed by atoms with Gasteiger partial charge in [-0.2, -0.15) is 0 Å². The molecule has 0 unspecified atom stereocenters. The maximum Gasteiger partial charge on any atom is 0.273 e. The predicted molar refractivity (Wildman–Crippen MR) is 105 cm³/mol. The zero-order valence-electron chi connectivity index (χ0n) is 15.1. The molecule has 7 N–H and O–H groups in total. The number of hydrogen-bond acceptors (Lipinski definition) is 5. The number of aliphatic hydroxyl groups excluding tert-OH is 2. The van der Waals surface area contributed by atoms with Crippen LogP contribution in [0.1, 0.15) is 62.6 Å². The maximum atomic E-state index is 12.0. The number of nitrogen functional groups attached to an aromatic ring is 2. The van der Waals surface area contributed by atoms with E-state index in [0.717, 1.165) is 44.1 Å². The summed E-state index contributed by atoms with van der Waals surface area (Å²) in [4.78, 5) is 14.6. The number of H-pyrrole nitrogens is 1. The van der Waals surface area contributed by atoms with Crippen LogP contribution in [0.15, 0.2) is 22.5 Å². The highest BCUT2D eigenvalue weighted by atomic mass is 16.3. The molecule has 1 aromatic rings. The van der Waals surface area contributed by atoms with E-state index in [1.807, 2.05) is 0 Å². The van der Waals surface area contributed by atoms with Gasteiger partial charge in [0, 0.05) is 5.56 Å². The molecule has 6 nitrogen and oxygen atoms in total. The van der Waals surface area contributed by atoms with Crippen LogP contribution >= 0.6 is 0 Å². The standard InChI is InChI=1S/C20H29N3O3/c21-16-14-9-5-8-12-6-3-1-2-4-7-13(19(12)25)10-11-15(24)18(14)23-20(26)17(16)22/h10-12,19,24-25H,1-9,22H2,(H3,21,23,26)/b13-10-,15-11+/t12-,19-/m0/s1. The zero-order chi connectivity index (χ0) is 18.7. The molecule has 142 valence electrons. The van der Waals surface area contributed by atoms with Crippen molar-refractivity contribution in [2.45, 2.75) is 63.9 Å². The van der Waals surface area contributed by atoms with E-state index in [9.17, 15) is 15.0 Å². The van der Waals surface area contributed by atoms with E-state index in [1.165, 1.54) is 12.8 Å². The number of aliphatic hydroxyl groups is 2. The Bertz CT molecular complexity index is 779. The summed E-state index contributed by atoms with van der Waals surface area (Å²) < 4.78 is 0. The molecule has 2 aliphatic rings. The summed E-state index contributed by atoms with van der Waals surface area (Å²) in [7, 11) is 0. The van der Waals surface area contributed by atoms with E-state index in [2.05, 4.69) is 4.98 Å². The number of nitrogens with one attached hydrogen (secondary N) is 1. The molecule has 0 amide bonds. The predicted octanol–water partition coefficient (Wildman–Crippen LogP) is 3.03. The molecule has 1 fully saturated rings. The van der Waals surface area contributed by atoms with Crippen molar-refractivity contribution in [1.82, 2.24) is 4.98 Å². The molecule has 3 rings (SSSR count). The number of rotatable bonds is 0. The van der Waals surface area contributed by atoms with Gasteiger partial charge in [0.15, 0.2) is 0 Å². The Labute approximate surface area is 153 Å². The third-order valence-corrected chi connectivity index (χ3v) is 5.73. The highest BCUT2D eigenvalue weighted by Crippen LogP contribution is 2.32. The fraction of sp³-hybridized carbons (Fsp3) is 0.550.